The minimum atomic E-state index is 0.311. The first-order valence-corrected chi connectivity index (χ1v) is 7.28. The number of hydrogen-bond acceptors (Lipinski definition) is 2. The van der Waals surface area contributed by atoms with Crippen molar-refractivity contribution in [2.45, 2.75) is 38.6 Å². The summed E-state index contributed by atoms with van der Waals surface area (Å²) in [4.78, 5) is 0. The number of nitrogens with one attached hydrogen (secondary N) is 1. The zero-order valence-corrected chi connectivity index (χ0v) is 12.2. The lowest BCUT2D eigenvalue weighted by atomic mass is 9.72. The van der Waals surface area contributed by atoms with Crippen LogP contribution in [-0.4, -0.2) is 6.04 Å². The lowest BCUT2D eigenvalue weighted by molar-refractivity contribution is 0.404. The smallest absolute Gasteiger partial charge is 0.0322 e. The number of nitrogens with two attached hydrogens (primary N) is 1. The Morgan fingerprint density at radius 2 is 1.85 bits per heavy atom. The summed E-state index contributed by atoms with van der Waals surface area (Å²) in [5.74, 6) is 6.35. The highest BCUT2D eigenvalue weighted by atomic mass is 15.2. The van der Waals surface area contributed by atoms with Crippen molar-refractivity contribution in [2.75, 3.05) is 0 Å². The maximum Gasteiger partial charge on any atom is 0.0322 e. The third-order valence-electron chi connectivity index (χ3n) is 4.33. The van der Waals surface area contributed by atoms with E-state index >= 15 is 0 Å². The molecule has 2 aromatic carbocycles. The SMILES string of the molecule is Cc1cc(C)cc(CC(NN)C2Cc3ccccc32)c1. The van der Waals surface area contributed by atoms with Crippen molar-refractivity contribution in [3.05, 3.63) is 70.3 Å². The van der Waals surface area contributed by atoms with Gasteiger partial charge in [0.25, 0.3) is 0 Å². The lowest BCUT2D eigenvalue weighted by Gasteiger charge is -2.36. The van der Waals surface area contributed by atoms with Crippen molar-refractivity contribution in [1.29, 1.82) is 0 Å². The average molecular weight is 266 g/mol. The van der Waals surface area contributed by atoms with Crippen molar-refractivity contribution in [3.63, 3.8) is 0 Å². The highest BCUT2D eigenvalue weighted by Gasteiger charge is 2.32. The molecule has 0 aliphatic heterocycles. The predicted molar refractivity (Wildman–Crippen MR) is 83.6 cm³/mol. The summed E-state index contributed by atoms with van der Waals surface area (Å²) in [7, 11) is 0. The van der Waals surface area contributed by atoms with Gasteiger partial charge in [-0.25, -0.2) is 0 Å². The molecule has 0 amide bonds. The number of aryl methyl sites for hydroxylation is 2. The maximum absolute atomic E-state index is 5.81. The molecule has 2 unspecified atom stereocenters. The fourth-order valence-electron chi connectivity index (χ4n) is 3.41. The first-order chi connectivity index (χ1) is 9.67. The minimum absolute atomic E-state index is 0.311. The van der Waals surface area contributed by atoms with Crippen LogP contribution in [0.5, 0.6) is 0 Å². The molecule has 104 valence electrons. The van der Waals surface area contributed by atoms with Gasteiger partial charge in [0.05, 0.1) is 0 Å². The summed E-state index contributed by atoms with van der Waals surface area (Å²) >= 11 is 0. The Balaban J connectivity index is 1.79. The molecule has 0 bridgehead atoms. The Labute approximate surface area is 121 Å². The quantitative estimate of drug-likeness (QED) is 0.659. The zero-order chi connectivity index (χ0) is 14.1. The van der Waals surface area contributed by atoms with Gasteiger partial charge in [-0.1, -0.05) is 53.6 Å². The summed E-state index contributed by atoms with van der Waals surface area (Å²) in [6, 6.07) is 15.7. The summed E-state index contributed by atoms with van der Waals surface area (Å²) in [6.07, 6.45) is 2.12. The molecule has 3 N–H and O–H groups in total. The van der Waals surface area contributed by atoms with Crippen molar-refractivity contribution in [1.82, 2.24) is 5.43 Å². The predicted octanol–water partition coefficient (Wildman–Crippen LogP) is 3.02. The largest absolute Gasteiger partial charge is 0.271 e. The van der Waals surface area contributed by atoms with E-state index in [0.29, 0.717) is 12.0 Å². The number of hydrazine groups is 1. The molecule has 0 saturated carbocycles. The Kier molecular flexibility index (Phi) is 3.60. The number of rotatable bonds is 4. The Bertz CT molecular complexity index is 598. The van der Waals surface area contributed by atoms with E-state index in [9.17, 15) is 0 Å². The molecule has 0 saturated heterocycles. The molecule has 2 atom stereocenters. The summed E-state index contributed by atoms with van der Waals surface area (Å²) in [5, 5.41) is 0. The molecule has 0 aromatic heterocycles. The molecule has 20 heavy (non-hydrogen) atoms. The Hall–Kier alpha value is -1.64. The van der Waals surface area contributed by atoms with Crippen LogP contribution in [0.3, 0.4) is 0 Å². The van der Waals surface area contributed by atoms with Crippen LogP contribution in [0.4, 0.5) is 0 Å². The molecule has 2 aromatic rings. The fourth-order valence-corrected chi connectivity index (χ4v) is 3.41. The van der Waals surface area contributed by atoms with Crippen LogP contribution < -0.4 is 11.3 Å². The van der Waals surface area contributed by atoms with E-state index in [1.54, 1.807) is 0 Å². The number of benzene rings is 2. The van der Waals surface area contributed by atoms with Crippen LogP contribution in [0.1, 0.15) is 33.7 Å². The van der Waals surface area contributed by atoms with Crippen molar-refractivity contribution < 1.29 is 0 Å². The van der Waals surface area contributed by atoms with E-state index in [4.69, 9.17) is 5.84 Å². The third kappa shape index (κ3) is 2.49. The Morgan fingerprint density at radius 3 is 2.50 bits per heavy atom. The van der Waals surface area contributed by atoms with Gasteiger partial charge in [-0.3, -0.25) is 11.3 Å². The van der Waals surface area contributed by atoms with Crippen LogP contribution >= 0.6 is 0 Å². The van der Waals surface area contributed by atoms with Gasteiger partial charge < -0.3 is 0 Å². The van der Waals surface area contributed by atoms with Gasteiger partial charge >= 0.3 is 0 Å². The molecule has 0 spiro atoms. The van der Waals surface area contributed by atoms with Crippen LogP contribution in [0, 0.1) is 13.8 Å². The maximum atomic E-state index is 5.81. The lowest BCUT2D eigenvalue weighted by Crippen LogP contribution is -2.45. The van der Waals surface area contributed by atoms with Gasteiger partial charge in [0.15, 0.2) is 0 Å². The molecule has 0 fully saturated rings. The zero-order valence-electron chi connectivity index (χ0n) is 12.2. The molecular weight excluding hydrogens is 244 g/mol. The average Bonchev–Trinajstić information content (AvgIpc) is 2.38. The highest BCUT2D eigenvalue weighted by molar-refractivity contribution is 5.42. The van der Waals surface area contributed by atoms with E-state index in [1.165, 1.54) is 27.8 Å². The van der Waals surface area contributed by atoms with Gasteiger partial charge in [-0.15, -0.1) is 0 Å². The van der Waals surface area contributed by atoms with Crippen LogP contribution in [-0.2, 0) is 12.8 Å². The van der Waals surface area contributed by atoms with E-state index in [0.717, 1.165) is 12.8 Å². The number of hydrogen-bond donors (Lipinski definition) is 2. The van der Waals surface area contributed by atoms with E-state index < -0.39 is 0 Å². The second kappa shape index (κ2) is 5.39. The second-order valence-corrected chi connectivity index (χ2v) is 5.98. The van der Waals surface area contributed by atoms with E-state index in [-0.39, 0.29) is 0 Å². The minimum Gasteiger partial charge on any atom is -0.271 e. The molecule has 1 aliphatic carbocycles. The standard InChI is InChI=1S/C18H22N2/c1-12-7-13(2)9-14(8-12)10-18(20-19)17-11-15-5-3-4-6-16(15)17/h3-9,17-18,20H,10-11,19H2,1-2H3. The van der Waals surface area contributed by atoms with E-state index in [1.807, 2.05) is 0 Å². The highest BCUT2D eigenvalue weighted by Crippen LogP contribution is 2.38. The third-order valence-corrected chi connectivity index (χ3v) is 4.33. The molecule has 2 nitrogen and oxygen atoms in total. The number of fused-ring (bicyclic) bond motifs is 1. The monoisotopic (exact) mass is 266 g/mol. The molecule has 3 rings (SSSR count). The van der Waals surface area contributed by atoms with Gasteiger partial charge in [0.2, 0.25) is 0 Å². The first-order valence-electron chi connectivity index (χ1n) is 7.28. The van der Waals surface area contributed by atoms with E-state index in [2.05, 4.69) is 61.7 Å². The second-order valence-electron chi connectivity index (χ2n) is 5.98. The molecule has 2 heteroatoms. The summed E-state index contributed by atoms with van der Waals surface area (Å²) < 4.78 is 0. The molecule has 1 aliphatic rings. The molecule has 0 heterocycles. The van der Waals surface area contributed by atoms with Gasteiger partial charge in [-0.05, 0) is 43.4 Å². The Morgan fingerprint density at radius 1 is 1.15 bits per heavy atom. The first kappa shape index (κ1) is 13.3. The normalized spacial score (nSPS) is 18.2. The van der Waals surface area contributed by atoms with Gasteiger partial charge in [0.1, 0.15) is 0 Å². The van der Waals surface area contributed by atoms with Crippen LogP contribution in [0.2, 0.25) is 0 Å². The summed E-state index contributed by atoms with van der Waals surface area (Å²) in [6.45, 7) is 4.31. The molecule has 0 radical (unpaired) electrons. The van der Waals surface area contributed by atoms with Gasteiger partial charge in [-0.2, -0.15) is 0 Å². The van der Waals surface area contributed by atoms with Crippen molar-refractivity contribution in [2.24, 2.45) is 5.84 Å². The van der Waals surface area contributed by atoms with Crippen LogP contribution in [0.15, 0.2) is 42.5 Å². The summed E-state index contributed by atoms with van der Waals surface area (Å²) in [5.41, 5.74) is 9.98. The van der Waals surface area contributed by atoms with Crippen molar-refractivity contribution in [3.8, 4) is 0 Å². The van der Waals surface area contributed by atoms with Gasteiger partial charge in [0, 0.05) is 12.0 Å². The molecular formula is C18H22N2. The van der Waals surface area contributed by atoms with Crippen LogP contribution in [0.25, 0.3) is 0 Å². The van der Waals surface area contributed by atoms with Crippen molar-refractivity contribution >= 4 is 0 Å². The fraction of sp³-hybridized carbons (Fsp3) is 0.333. The topological polar surface area (TPSA) is 38.0 Å².